The van der Waals surface area contributed by atoms with Gasteiger partial charge in [-0.3, -0.25) is 13.9 Å². The molecule has 3 aromatic rings. The molecule has 0 radical (unpaired) electrons. The van der Waals surface area contributed by atoms with E-state index in [1.807, 2.05) is 51.1 Å². The third-order valence-electron chi connectivity index (χ3n) is 5.88. The first-order valence-electron chi connectivity index (χ1n) is 12.5. The van der Waals surface area contributed by atoms with Gasteiger partial charge in [0, 0.05) is 33.6 Å². The van der Waals surface area contributed by atoms with E-state index < -0.39 is 34.1 Å². The van der Waals surface area contributed by atoms with Crippen LogP contribution in [0.4, 0.5) is 5.69 Å². The van der Waals surface area contributed by atoms with Crippen LogP contribution in [-0.2, 0) is 32.6 Å². The number of hydrogen-bond acceptors (Lipinski definition) is 4. The molecule has 0 heterocycles. The Hall–Kier alpha value is -2.78. The number of sulfonamides is 1. The first-order valence-corrected chi connectivity index (χ1v) is 15.4. The number of carbonyl (C=O) groups excluding carboxylic acids is 2. The Morgan fingerprint density at radius 2 is 1.48 bits per heavy atom. The van der Waals surface area contributed by atoms with Gasteiger partial charge < -0.3 is 10.2 Å². The smallest absolute Gasteiger partial charge is 0.244 e. The Morgan fingerprint density at radius 1 is 0.900 bits per heavy atom. The summed E-state index contributed by atoms with van der Waals surface area (Å²) in [6.45, 7) is 4.92. The number of anilines is 1. The molecule has 1 N–H and O–H groups in total. The van der Waals surface area contributed by atoms with Crippen LogP contribution in [0, 0.1) is 0 Å². The minimum absolute atomic E-state index is 0.0263. The fraction of sp³-hybridized carbons (Fsp3) is 0.310. The molecule has 2 amide bonds. The van der Waals surface area contributed by atoms with E-state index in [0.717, 1.165) is 16.1 Å². The van der Waals surface area contributed by atoms with Gasteiger partial charge >= 0.3 is 0 Å². The number of hydrogen-bond donors (Lipinski definition) is 1. The second-order valence-electron chi connectivity index (χ2n) is 10.5. The molecule has 214 valence electrons. The zero-order chi connectivity index (χ0) is 29.7. The predicted octanol–water partition coefficient (Wildman–Crippen LogP) is 5.97. The molecule has 0 unspecified atom stereocenters. The van der Waals surface area contributed by atoms with Crippen LogP contribution in [0.1, 0.15) is 31.9 Å². The molecule has 0 aromatic heterocycles. The Balaban J connectivity index is 2.10. The lowest BCUT2D eigenvalue weighted by atomic mass is 10.0. The predicted molar refractivity (Wildman–Crippen MR) is 162 cm³/mol. The van der Waals surface area contributed by atoms with Crippen molar-refractivity contribution in [3.05, 3.63) is 99.0 Å². The van der Waals surface area contributed by atoms with Crippen LogP contribution >= 0.6 is 34.8 Å². The molecule has 3 aromatic carbocycles. The molecule has 7 nitrogen and oxygen atoms in total. The number of amides is 2. The number of rotatable bonds is 10. The molecule has 0 fully saturated rings. The Labute approximate surface area is 251 Å². The van der Waals surface area contributed by atoms with Crippen molar-refractivity contribution >= 4 is 62.3 Å². The molecule has 0 saturated heterocycles. The van der Waals surface area contributed by atoms with Crippen molar-refractivity contribution in [2.75, 3.05) is 17.1 Å². The summed E-state index contributed by atoms with van der Waals surface area (Å²) in [5.74, 6) is -0.986. The summed E-state index contributed by atoms with van der Waals surface area (Å²) in [7, 11) is -3.95. The second kappa shape index (κ2) is 13.3. The highest BCUT2D eigenvalue weighted by atomic mass is 35.5. The molecule has 0 aliphatic heterocycles. The summed E-state index contributed by atoms with van der Waals surface area (Å²) in [6, 6.07) is 19.6. The van der Waals surface area contributed by atoms with Crippen LogP contribution in [-0.4, -0.2) is 49.5 Å². The van der Waals surface area contributed by atoms with Gasteiger partial charge in [0.25, 0.3) is 0 Å². The van der Waals surface area contributed by atoms with E-state index in [-0.39, 0.29) is 34.6 Å². The summed E-state index contributed by atoms with van der Waals surface area (Å²) < 4.78 is 26.7. The minimum atomic E-state index is -3.95. The zero-order valence-corrected chi connectivity index (χ0v) is 25.8. The number of carbonyl (C=O) groups is 2. The van der Waals surface area contributed by atoms with E-state index in [4.69, 9.17) is 34.8 Å². The van der Waals surface area contributed by atoms with Crippen LogP contribution < -0.4 is 9.62 Å². The van der Waals surface area contributed by atoms with E-state index in [1.165, 1.54) is 23.1 Å². The molecule has 40 heavy (non-hydrogen) atoms. The van der Waals surface area contributed by atoms with E-state index in [2.05, 4.69) is 5.32 Å². The molecule has 3 rings (SSSR count). The van der Waals surface area contributed by atoms with E-state index in [0.29, 0.717) is 10.6 Å². The topological polar surface area (TPSA) is 86.8 Å². The number of nitrogens with zero attached hydrogens (tertiary/aromatic N) is 2. The molecule has 11 heteroatoms. The van der Waals surface area contributed by atoms with E-state index in [1.54, 1.807) is 24.3 Å². The van der Waals surface area contributed by atoms with Crippen LogP contribution in [0.25, 0.3) is 0 Å². The maximum absolute atomic E-state index is 14.1. The highest BCUT2D eigenvalue weighted by Gasteiger charge is 2.34. The number of halogens is 3. The monoisotopic (exact) mass is 623 g/mol. The Morgan fingerprint density at radius 3 is 2.02 bits per heavy atom. The maximum Gasteiger partial charge on any atom is 0.244 e. The summed E-state index contributed by atoms with van der Waals surface area (Å²) in [5.41, 5.74) is 0.984. The normalized spacial score (nSPS) is 12.5. The van der Waals surface area contributed by atoms with Crippen molar-refractivity contribution in [3.8, 4) is 0 Å². The van der Waals surface area contributed by atoms with Gasteiger partial charge in [-0.15, -0.1) is 0 Å². The van der Waals surface area contributed by atoms with Crippen molar-refractivity contribution in [3.63, 3.8) is 0 Å². The lowest BCUT2D eigenvalue weighted by Crippen LogP contribution is -2.56. The zero-order valence-electron chi connectivity index (χ0n) is 22.7. The first-order chi connectivity index (χ1) is 18.6. The third kappa shape index (κ3) is 9.13. The molecular formula is C29H32Cl3N3O4S. The van der Waals surface area contributed by atoms with Gasteiger partial charge in [-0.1, -0.05) is 83.3 Å². The lowest BCUT2D eigenvalue weighted by molar-refractivity contribution is -0.140. The van der Waals surface area contributed by atoms with E-state index >= 15 is 0 Å². The van der Waals surface area contributed by atoms with Gasteiger partial charge in [0.15, 0.2) is 0 Å². The molecule has 0 spiro atoms. The molecule has 0 saturated carbocycles. The number of benzene rings is 3. The SMILES string of the molecule is CC(C)(C)NC(=O)[C@@H](Cc1ccccc1)N(Cc1ccccc1Cl)C(=O)CN(c1cc(Cl)cc(Cl)c1)S(C)(=O)=O. The number of nitrogens with one attached hydrogen (secondary N) is 1. The fourth-order valence-corrected chi connectivity index (χ4v) is 5.66. The van der Waals surface area contributed by atoms with Crippen molar-refractivity contribution < 1.29 is 18.0 Å². The molecular weight excluding hydrogens is 593 g/mol. The van der Waals surface area contributed by atoms with Crippen LogP contribution in [0.2, 0.25) is 15.1 Å². The summed E-state index contributed by atoms with van der Waals surface area (Å²) >= 11 is 18.7. The van der Waals surface area contributed by atoms with Gasteiger partial charge in [0.2, 0.25) is 21.8 Å². The van der Waals surface area contributed by atoms with Gasteiger partial charge in [-0.2, -0.15) is 0 Å². The second-order valence-corrected chi connectivity index (χ2v) is 13.6. The highest BCUT2D eigenvalue weighted by Crippen LogP contribution is 2.28. The standard InChI is InChI=1S/C29H32Cl3N3O4S/c1-29(2,3)33-28(37)26(14-20-10-6-5-7-11-20)34(18-21-12-8-9-13-25(21)32)27(36)19-35(40(4,38)39)24-16-22(30)15-23(31)17-24/h5-13,15-17,26H,14,18-19H2,1-4H3,(H,33,37)/t26-/m1/s1. The maximum atomic E-state index is 14.1. The average molecular weight is 625 g/mol. The van der Waals surface area contributed by atoms with Crippen molar-refractivity contribution in [2.24, 2.45) is 0 Å². The summed E-state index contributed by atoms with van der Waals surface area (Å²) in [6.07, 6.45) is 1.18. The summed E-state index contributed by atoms with van der Waals surface area (Å²) in [5, 5.41) is 3.81. The van der Waals surface area contributed by atoms with Gasteiger partial charge in [0.1, 0.15) is 12.6 Å². The van der Waals surface area contributed by atoms with Gasteiger partial charge in [-0.05, 0) is 56.2 Å². The van der Waals surface area contributed by atoms with Crippen LogP contribution in [0.5, 0.6) is 0 Å². The lowest BCUT2D eigenvalue weighted by Gasteiger charge is -2.35. The van der Waals surface area contributed by atoms with E-state index in [9.17, 15) is 18.0 Å². The van der Waals surface area contributed by atoms with Crippen LogP contribution in [0.15, 0.2) is 72.8 Å². The quantitative estimate of drug-likeness (QED) is 0.301. The van der Waals surface area contributed by atoms with Crippen molar-refractivity contribution in [1.29, 1.82) is 0 Å². The van der Waals surface area contributed by atoms with Crippen molar-refractivity contribution in [1.82, 2.24) is 10.2 Å². The largest absolute Gasteiger partial charge is 0.350 e. The van der Waals surface area contributed by atoms with Gasteiger partial charge in [-0.25, -0.2) is 8.42 Å². The Kier molecular flexibility index (Phi) is 10.5. The van der Waals surface area contributed by atoms with Crippen molar-refractivity contribution in [2.45, 2.75) is 45.3 Å². The van der Waals surface area contributed by atoms with Gasteiger partial charge in [0.05, 0.1) is 11.9 Å². The third-order valence-corrected chi connectivity index (χ3v) is 7.83. The molecule has 0 aliphatic rings. The highest BCUT2D eigenvalue weighted by molar-refractivity contribution is 7.92. The average Bonchev–Trinajstić information content (AvgIpc) is 2.83. The minimum Gasteiger partial charge on any atom is -0.350 e. The Bertz CT molecular complexity index is 1440. The molecule has 1 atom stereocenters. The summed E-state index contributed by atoms with van der Waals surface area (Å²) in [4.78, 5) is 29.2. The molecule has 0 bridgehead atoms. The van der Waals surface area contributed by atoms with Crippen LogP contribution in [0.3, 0.4) is 0 Å². The molecule has 0 aliphatic carbocycles. The first kappa shape index (κ1) is 31.7. The fourth-order valence-electron chi connectivity index (χ4n) is 4.11.